The van der Waals surface area contributed by atoms with E-state index in [0.29, 0.717) is 6.42 Å². The van der Waals surface area contributed by atoms with E-state index in [1.807, 2.05) is 26.1 Å². The Morgan fingerprint density at radius 2 is 2.17 bits per heavy atom. The average molecular weight is 248 g/mol. The molecule has 1 N–H and O–H groups in total. The molecule has 0 atom stereocenters. The number of aromatic nitrogens is 1. The van der Waals surface area contributed by atoms with Gasteiger partial charge in [0, 0.05) is 30.7 Å². The van der Waals surface area contributed by atoms with Gasteiger partial charge in [0.05, 0.1) is 5.41 Å². The summed E-state index contributed by atoms with van der Waals surface area (Å²) in [5, 5.41) is 9.36. The number of aliphatic carboxylic acids is 1. The lowest BCUT2D eigenvalue weighted by Gasteiger charge is -2.39. The van der Waals surface area contributed by atoms with Crippen LogP contribution < -0.4 is 4.90 Å². The Balaban J connectivity index is 2.09. The normalized spacial score (nSPS) is 18.7. The second-order valence-electron chi connectivity index (χ2n) is 5.08. The average Bonchev–Trinajstić information content (AvgIpc) is 2.38. The number of carboxylic acid groups (broad SMARTS) is 1. The third-order valence-corrected chi connectivity index (χ3v) is 4.10. The molecule has 2 rings (SSSR count). The van der Waals surface area contributed by atoms with E-state index in [9.17, 15) is 9.90 Å². The Bertz CT molecular complexity index is 437. The molecule has 1 aliphatic rings. The Hall–Kier alpha value is -1.58. The maximum atomic E-state index is 11.4. The minimum absolute atomic E-state index is 0.515. The van der Waals surface area contributed by atoms with Gasteiger partial charge in [0.2, 0.25) is 0 Å². The van der Waals surface area contributed by atoms with Crippen LogP contribution in [0.15, 0.2) is 18.3 Å². The van der Waals surface area contributed by atoms with Crippen molar-refractivity contribution in [3.63, 3.8) is 0 Å². The van der Waals surface area contributed by atoms with E-state index in [1.165, 1.54) is 0 Å². The first-order valence-electron chi connectivity index (χ1n) is 6.48. The van der Waals surface area contributed by atoms with E-state index in [0.717, 1.165) is 37.3 Å². The molecular formula is C14H20N2O2. The zero-order chi connectivity index (χ0) is 13.2. The second-order valence-corrected chi connectivity index (χ2v) is 5.08. The zero-order valence-corrected chi connectivity index (χ0v) is 11.0. The molecule has 4 nitrogen and oxygen atoms in total. The van der Waals surface area contributed by atoms with Crippen LogP contribution >= 0.6 is 0 Å². The van der Waals surface area contributed by atoms with E-state index in [-0.39, 0.29) is 0 Å². The Morgan fingerprint density at radius 1 is 1.50 bits per heavy atom. The molecule has 0 spiro atoms. The van der Waals surface area contributed by atoms with Gasteiger partial charge in [0.25, 0.3) is 0 Å². The van der Waals surface area contributed by atoms with E-state index >= 15 is 0 Å². The highest BCUT2D eigenvalue weighted by Gasteiger charge is 2.39. The SMILES string of the molecule is CCC1(C(=O)O)CCN(c2ccnc(C)c2)CC1. The summed E-state index contributed by atoms with van der Waals surface area (Å²) >= 11 is 0. The van der Waals surface area contributed by atoms with Crippen LogP contribution in [0.5, 0.6) is 0 Å². The minimum Gasteiger partial charge on any atom is -0.481 e. The number of hydrogen-bond acceptors (Lipinski definition) is 3. The van der Waals surface area contributed by atoms with Crippen molar-refractivity contribution >= 4 is 11.7 Å². The van der Waals surface area contributed by atoms with Crippen LogP contribution in [0.1, 0.15) is 31.9 Å². The molecule has 0 aromatic carbocycles. The number of hydrogen-bond donors (Lipinski definition) is 1. The summed E-state index contributed by atoms with van der Waals surface area (Å²) in [7, 11) is 0. The summed E-state index contributed by atoms with van der Waals surface area (Å²) in [6, 6.07) is 4.05. The van der Waals surface area contributed by atoms with Crippen LogP contribution in [0, 0.1) is 12.3 Å². The van der Waals surface area contributed by atoms with Crippen molar-refractivity contribution in [2.45, 2.75) is 33.1 Å². The summed E-state index contributed by atoms with van der Waals surface area (Å²) in [6.07, 6.45) is 3.97. The van der Waals surface area contributed by atoms with Gasteiger partial charge in [-0.15, -0.1) is 0 Å². The van der Waals surface area contributed by atoms with Gasteiger partial charge in [0.1, 0.15) is 0 Å². The number of pyridine rings is 1. The van der Waals surface area contributed by atoms with Crippen molar-refractivity contribution in [1.29, 1.82) is 0 Å². The molecule has 4 heteroatoms. The maximum absolute atomic E-state index is 11.4. The second kappa shape index (κ2) is 4.96. The van der Waals surface area contributed by atoms with Crippen molar-refractivity contribution in [2.75, 3.05) is 18.0 Å². The quantitative estimate of drug-likeness (QED) is 0.892. The number of aryl methyl sites for hydroxylation is 1. The topological polar surface area (TPSA) is 53.4 Å². The van der Waals surface area contributed by atoms with Gasteiger partial charge < -0.3 is 10.0 Å². The van der Waals surface area contributed by atoms with Gasteiger partial charge in [-0.05, 0) is 38.3 Å². The lowest BCUT2D eigenvalue weighted by atomic mass is 9.76. The Morgan fingerprint density at radius 3 is 2.67 bits per heavy atom. The molecule has 2 heterocycles. The lowest BCUT2D eigenvalue weighted by Crippen LogP contribution is -2.44. The monoisotopic (exact) mass is 248 g/mol. The van der Waals surface area contributed by atoms with Gasteiger partial charge >= 0.3 is 5.97 Å². The fraction of sp³-hybridized carbons (Fsp3) is 0.571. The van der Waals surface area contributed by atoms with E-state index in [4.69, 9.17) is 0 Å². The van der Waals surface area contributed by atoms with Crippen molar-refractivity contribution in [3.05, 3.63) is 24.0 Å². The summed E-state index contributed by atoms with van der Waals surface area (Å²) in [5.74, 6) is -0.643. The standard InChI is InChI=1S/C14H20N2O2/c1-3-14(13(17)18)5-8-16(9-6-14)12-4-7-15-11(2)10-12/h4,7,10H,3,5-6,8-9H2,1-2H3,(H,17,18). The molecule has 0 radical (unpaired) electrons. The highest BCUT2D eigenvalue weighted by Crippen LogP contribution is 2.36. The van der Waals surface area contributed by atoms with Gasteiger partial charge in [-0.2, -0.15) is 0 Å². The maximum Gasteiger partial charge on any atom is 0.309 e. The Labute approximate surface area is 108 Å². The van der Waals surface area contributed by atoms with Gasteiger partial charge in [0.15, 0.2) is 0 Å². The summed E-state index contributed by atoms with van der Waals surface area (Å²) in [4.78, 5) is 17.8. The van der Waals surface area contributed by atoms with Gasteiger partial charge in [-0.1, -0.05) is 6.92 Å². The molecule has 0 bridgehead atoms. The molecule has 1 aromatic heterocycles. The van der Waals surface area contributed by atoms with Crippen LogP contribution in [0.4, 0.5) is 5.69 Å². The molecule has 0 amide bonds. The number of carbonyl (C=O) groups is 1. The van der Waals surface area contributed by atoms with E-state index in [2.05, 4.69) is 16.0 Å². The first-order valence-corrected chi connectivity index (χ1v) is 6.48. The molecule has 18 heavy (non-hydrogen) atoms. The molecule has 0 unspecified atom stereocenters. The summed E-state index contributed by atoms with van der Waals surface area (Å²) < 4.78 is 0. The molecule has 1 fully saturated rings. The van der Waals surface area contributed by atoms with Crippen LogP contribution in [-0.2, 0) is 4.79 Å². The first kappa shape index (κ1) is 12.9. The molecule has 0 aliphatic carbocycles. The van der Waals surface area contributed by atoms with Crippen LogP contribution in [-0.4, -0.2) is 29.1 Å². The smallest absolute Gasteiger partial charge is 0.309 e. The number of carboxylic acids is 1. The predicted molar refractivity (Wildman–Crippen MR) is 70.8 cm³/mol. The third kappa shape index (κ3) is 2.33. The number of nitrogens with zero attached hydrogens (tertiary/aromatic N) is 2. The number of piperidine rings is 1. The van der Waals surface area contributed by atoms with Crippen LogP contribution in [0.3, 0.4) is 0 Å². The number of rotatable bonds is 3. The summed E-state index contributed by atoms with van der Waals surface area (Å²) in [6.45, 7) is 5.56. The molecule has 1 aliphatic heterocycles. The van der Waals surface area contributed by atoms with E-state index in [1.54, 1.807) is 0 Å². The molecular weight excluding hydrogens is 228 g/mol. The highest BCUT2D eigenvalue weighted by molar-refractivity contribution is 5.75. The highest BCUT2D eigenvalue weighted by atomic mass is 16.4. The van der Waals surface area contributed by atoms with Crippen molar-refractivity contribution in [2.24, 2.45) is 5.41 Å². The van der Waals surface area contributed by atoms with Crippen molar-refractivity contribution < 1.29 is 9.90 Å². The van der Waals surface area contributed by atoms with Gasteiger partial charge in [-0.25, -0.2) is 0 Å². The van der Waals surface area contributed by atoms with Crippen LogP contribution in [0.25, 0.3) is 0 Å². The zero-order valence-electron chi connectivity index (χ0n) is 11.0. The first-order chi connectivity index (χ1) is 8.57. The summed E-state index contributed by atoms with van der Waals surface area (Å²) in [5.41, 5.74) is 1.63. The molecule has 0 saturated carbocycles. The van der Waals surface area contributed by atoms with Gasteiger partial charge in [-0.3, -0.25) is 9.78 Å². The fourth-order valence-electron chi connectivity index (χ4n) is 2.64. The fourth-order valence-corrected chi connectivity index (χ4v) is 2.64. The lowest BCUT2D eigenvalue weighted by molar-refractivity contribution is -0.150. The Kier molecular flexibility index (Phi) is 3.55. The number of anilines is 1. The largest absolute Gasteiger partial charge is 0.481 e. The molecule has 1 saturated heterocycles. The van der Waals surface area contributed by atoms with Crippen molar-refractivity contribution in [1.82, 2.24) is 4.98 Å². The van der Waals surface area contributed by atoms with Crippen LogP contribution in [0.2, 0.25) is 0 Å². The predicted octanol–water partition coefficient (Wildman–Crippen LogP) is 2.47. The minimum atomic E-state index is -0.643. The van der Waals surface area contributed by atoms with Crippen molar-refractivity contribution in [3.8, 4) is 0 Å². The van der Waals surface area contributed by atoms with E-state index < -0.39 is 11.4 Å². The molecule has 1 aromatic rings. The molecule has 98 valence electrons. The third-order valence-electron chi connectivity index (χ3n) is 4.10.